The fourth-order valence-corrected chi connectivity index (χ4v) is 3.03. The molecule has 1 unspecified atom stereocenters. The van der Waals surface area contributed by atoms with Gasteiger partial charge < -0.3 is 47.1 Å². The molecule has 2 rings (SSSR count). The van der Waals surface area contributed by atoms with Crippen LogP contribution >= 0.6 is 0 Å². The second-order valence-electron chi connectivity index (χ2n) is 6.10. The van der Waals surface area contributed by atoms with E-state index >= 15 is 0 Å². The fraction of sp³-hybridized carbons (Fsp3) is 1.00. The third-order valence-electron chi connectivity index (χ3n) is 4.47. The van der Waals surface area contributed by atoms with E-state index in [4.69, 9.17) is 32.2 Å². The first kappa shape index (κ1) is 19.3. The van der Waals surface area contributed by atoms with Crippen LogP contribution < -0.4 is 17.2 Å². The first-order valence-corrected chi connectivity index (χ1v) is 7.60. The number of hydrogen-bond acceptors (Lipinski definition) is 10. The maximum atomic E-state index is 10.1. The van der Waals surface area contributed by atoms with E-state index in [0.717, 1.165) is 0 Å². The minimum Gasteiger partial charge on any atom is -0.390 e. The molecular formula is C12H24N6O6. The predicted octanol–water partition coefficient (Wildman–Crippen LogP) is -3.76. The summed E-state index contributed by atoms with van der Waals surface area (Å²) < 4.78 is 11.0. The fourth-order valence-electron chi connectivity index (χ4n) is 3.03. The van der Waals surface area contributed by atoms with Gasteiger partial charge >= 0.3 is 0 Å². The summed E-state index contributed by atoms with van der Waals surface area (Å²) in [6, 6.07) is -2.70. The Morgan fingerprint density at radius 1 is 1.08 bits per heavy atom. The number of ether oxygens (including phenoxy) is 2. The Labute approximate surface area is 137 Å². The summed E-state index contributed by atoms with van der Waals surface area (Å²) in [6.07, 6.45) is -8.63. The Balaban J connectivity index is 2.19. The van der Waals surface area contributed by atoms with Crippen LogP contribution in [0.1, 0.15) is 6.42 Å². The molecule has 0 spiro atoms. The topological polar surface area (TPSA) is 226 Å². The number of hydrogen-bond donors (Lipinski definition) is 7. The van der Waals surface area contributed by atoms with Crippen molar-refractivity contribution in [2.45, 2.75) is 67.5 Å². The first-order valence-electron chi connectivity index (χ1n) is 7.60. The minimum atomic E-state index is -1.47. The molecule has 0 bridgehead atoms. The molecule has 10 N–H and O–H groups in total. The molecule has 0 amide bonds. The van der Waals surface area contributed by atoms with Gasteiger partial charge in [-0.1, -0.05) is 5.11 Å². The summed E-state index contributed by atoms with van der Waals surface area (Å²) in [7, 11) is 0. The van der Waals surface area contributed by atoms with Crippen molar-refractivity contribution in [2.24, 2.45) is 22.3 Å². The number of nitrogens with two attached hydrogens (primary N) is 3. The number of nitrogens with zero attached hydrogens (tertiary/aromatic N) is 3. The summed E-state index contributed by atoms with van der Waals surface area (Å²) in [6.45, 7) is -0.117. The Bertz CT molecular complexity index is 479. The molecule has 0 radical (unpaired) electrons. The van der Waals surface area contributed by atoms with Gasteiger partial charge in [0.05, 0.1) is 12.2 Å². The lowest BCUT2D eigenvalue weighted by molar-refractivity contribution is -0.287. The van der Waals surface area contributed by atoms with Crippen LogP contribution in [0.4, 0.5) is 0 Å². The molecule has 1 aliphatic heterocycles. The zero-order valence-corrected chi connectivity index (χ0v) is 12.9. The average molecular weight is 348 g/mol. The number of azide groups is 1. The highest BCUT2D eigenvalue weighted by molar-refractivity contribution is 5.00. The Morgan fingerprint density at radius 2 is 1.75 bits per heavy atom. The van der Waals surface area contributed by atoms with Crippen molar-refractivity contribution in [3.63, 3.8) is 0 Å². The number of rotatable bonds is 4. The minimum absolute atomic E-state index is 0.117. The van der Waals surface area contributed by atoms with Crippen molar-refractivity contribution < 1.29 is 29.9 Å². The molecule has 138 valence electrons. The quantitative estimate of drug-likeness (QED) is 0.150. The second-order valence-corrected chi connectivity index (χ2v) is 6.10. The van der Waals surface area contributed by atoms with Crippen LogP contribution in [0.2, 0.25) is 0 Å². The maximum Gasteiger partial charge on any atom is 0.169 e. The van der Waals surface area contributed by atoms with E-state index in [1.54, 1.807) is 0 Å². The van der Waals surface area contributed by atoms with E-state index in [2.05, 4.69) is 10.0 Å². The van der Waals surface area contributed by atoms with Gasteiger partial charge in [0.15, 0.2) is 6.29 Å². The van der Waals surface area contributed by atoms with E-state index < -0.39 is 61.0 Å². The van der Waals surface area contributed by atoms with Crippen molar-refractivity contribution in [1.82, 2.24) is 0 Å². The zero-order chi connectivity index (χ0) is 18.0. The third kappa shape index (κ3) is 3.63. The molecule has 0 aromatic rings. The van der Waals surface area contributed by atoms with Gasteiger partial charge in [-0.25, -0.2) is 0 Å². The zero-order valence-electron chi connectivity index (χ0n) is 12.9. The molecule has 12 heteroatoms. The van der Waals surface area contributed by atoms with Crippen molar-refractivity contribution in [3.05, 3.63) is 10.4 Å². The van der Waals surface area contributed by atoms with Crippen LogP contribution in [0, 0.1) is 0 Å². The predicted molar refractivity (Wildman–Crippen MR) is 80.1 cm³/mol. The highest BCUT2D eigenvalue weighted by Gasteiger charge is 2.48. The van der Waals surface area contributed by atoms with Crippen molar-refractivity contribution in [3.8, 4) is 0 Å². The molecule has 2 aliphatic rings. The Hall–Kier alpha value is -1.05. The molecule has 1 saturated carbocycles. The Morgan fingerprint density at radius 3 is 2.33 bits per heavy atom. The molecule has 0 aromatic heterocycles. The van der Waals surface area contributed by atoms with E-state index in [1.165, 1.54) is 0 Å². The molecule has 0 aromatic carbocycles. The van der Waals surface area contributed by atoms with Crippen LogP contribution in [0.3, 0.4) is 0 Å². The van der Waals surface area contributed by atoms with E-state index in [9.17, 15) is 20.4 Å². The summed E-state index contributed by atoms with van der Waals surface area (Å²) in [4.78, 5) is 2.60. The van der Waals surface area contributed by atoms with Crippen molar-refractivity contribution >= 4 is 0 Å². The van der Waals surface area contributed by atoms with Gasteiger partial charge in [-0.3, -0.25) is 0 Å². The van der Waals surface area contributed by atoms with E-state index in [0.29, 0.717) is 0 Å². The van der Waals surface area contributed by atoms with Gasteiger partial charge in [0.1, 0.15) is 30.5 Å². The van der Waals surface area contributed by atoms with Crippen LogP contribution in [0.15, 0.2) is 5.11 Å². The first-order chi connectivity index (χ1) is 11.3. The van der Waals surface area contributed by atoms with E-state index in [-0.39, 0.29) is 13.0 Å². The highest BCUT2D eigenvalue weighted by atomic mass is 16.7. The van der Waals surface area contributed by atoms with Crippen molar-refractivity contribution in [1.29, 1.82) is 0 Å². The summed E-state index contributed by atoms with van der Waals surface area (Å²) >= 11 is 0. The summed E-state index contributed by atoms with van der Waals surface area (Å²) in [5, 5.41) is 43.4. The van der Waals surface area contributed by atoms with Gasteiger partial charge in [-0.2, -0.15) is 0 Å². The molecule has 12 nitrogen and oxygen atoms in total. The van der Waals surface area contributed by atoms with Gasteiger partial charge in [0, 0.05) is 23.5 Å². The molecule has 24 heavy (non-hydrogen) atoms. The smallest absolute Gasteiger partial charge is 0.169 e. The summed E-state index contributed by atoms with van der Waals surface area (Å²) in [5.74, 6) is 0. The molecule has 2 fully saturated rings. The number of aliphatic hydroxyl groups excluding tert-OH is 4. The molecule has 10 atom stereocenters. The largest absolute Gasteiger partial charge is 0.390 e. The van der Waals surface area contributed by atoms with Crippen molar-refractivity contribution in [2.75, 3.05) is 6.54 Å². The summed E-state index contributed by atoms with van der Waals surface area (Å²) in [5.41, 5.74) is 25.7. The average Bonchev–Trinajstić information content (AvgIpc) is 2.55. The highest BCUT2D eigenvalue weighted by Crippen LogP contribution is 2.29. The lowest BCUT2D eigenvalue weighted by atomic mass is 9.84. The normalized spacial score (nSPS) is 49.5. The van der Waals surface area contributed by atoms with Crippen LogP contribution in [0.25, 0.3) is 10.4 Å². The molecule has 1 saturated heterocycles. The molecular weight excluding hydrogens is 324 g/mol. The SMILES string of the molecule is [N-]=[N+]=N[C@H]1C(O[C@H]2[C@H](O)[C@@H](O)[C@H](N)C[C@@H]2N)O[C@H](CN)[C@@H](O)[C@@H]1O. The monoisotopic (exact) mass is 348 g/mol. The van der Waals surface area contributed by atoms with Gasteiger partial charge in [0.2, 0.25) is 0 Å². The van der Waals surface area contributed by atoms with Crippen LogP contribution in [-0.2, 0) is 9.47 Å². The standard InChI is InChI=1S/C12H24N6O6/c13-2-5-8(20)9(21)6(17-18-16)12(23-5)24-11-4(15)1-3(14)7(19)10(11)22/h3-12,19-22H,1-2,13-15H2/t3-,4+,5-,6-,7+,8-,9-,10-,11-,12?/m1/s1. The lowest BCUT2D eigenvalue weighted by Gasteiger charge is -2.45. The number of aliphatic hydroxyl groups is 4. The Kier molecular flexibility index (Phi) is 6.33. The van der Waals surface area contributed by atoms with Gasteiger partial charge in [0.25, 0.3) is 0 Å². The lowest BCUT2D eigenvalue weighted by Crippen LogP contribution is -2.65. The maximum absolute atomic E-state index is 10.1. The molecule has 1 aliphatic carbocycles. The molecule has 1 heterocycles. The van der Waals surface area contributed by atoms with E-state index in [1.807, 2.05) is 0 Å². The second kappa shape index (κ2) is 7.89. The third-order valence-corrected chi connectivity index (χ3v) is 4.47. The van der Waals surface area contributed by atoms with Gasteiger partial charge in [-0.05, 0) is 12.0 Å². The van der Waals surface area contributed by atoms with Crippen LogP contribution in [0.5, 0.6) is 0 Å². The van der Waals surface area contributed by atoms with Crippen LogP contribution in [-0.4, -0.2) is 88.0 Å². The van der Waals surface area contributed by atoms with Gasteiger partial charge in [-0.15, -0.1) is 0 Å².